The minimum atomic E-state index is -0.112. The number of hydrogen-bond acceptors (Lipinski definition) is 3. The van der Waals surface area contributed by atoms with Crippen LogP contribution in [0, 0.1) is 6.92 Å². The molecule has 0 saturated carbocycles. The number of nitrogens with one attached hydrogen (secondary N) is 1. The van der Waals surface area contributed by atoms with E-state index < -0.39 is 0 Å². The molecule has 0 spiro atoms. The van der Waals surface area contributed by atoms with Gasteiger partial charge in [0, 0.05) is 28.2 Å². The standard InChI is InChI=1S/C30H35ClN2OS.C3H8.C2H6/c1-8-12-24(15-20(4)5)28-22(7)16-23(18-32-28)19-33-30(34)27(10-3)35-29(21(6)9-2)25-13-11-14-26(31)17-25;1-3-2;1-2/h8,10-18H,4,9,19H2,1-3,5-7H3,(H,33,34);3H2,1-2H3;1-2H3/b12-8-,24-15+,27-10-,29-21?;;. The molecule has 1 aromatic heterocycles. The number of hydrogen-bond donors (Lipinski definition) is 1. The molecule has 1 heterocycles. The Balaban J connectivity index is 0.00000284. The van der Waals surface area contributed by atoms with Gasteiger partial charge in [0.25, 0.3) is 5.91 Å². The summed E-state index contributed by atoms with van der Waals surface area (Å²) >= 11 is 7.71. The molecule has 0 aliphatic rings. The van der Waals surface area contributed by atoms with Crippen LogP contribution in [0.15, 0.2) is 83.5 Å². The lowest BCUT2D eigenvalue weighted by Crippen LogP contribution is -2.23. The van der Waals surface area contributed by atoms with Gasteiger partial charge >= 0.3 is 0 Å². The molecule has 5 heteroatoms. The lowest BCUT2D eigenvalue weighted by atomic mass is 10.0. The molecule has 2 aromatic rings. The van der Waals surface area contributed by atoms with Gasteiger partial charge in [-0.25, -0.2) is 0 Å². The second kappa shape index (κ2) is 21.0. The van der Waals surface area contributed by atoms with Gasteiger partial charge in [-0.1, -0.05) is 125 Å². The smallest absolute Gasteiger partial charge is 0.257 e. The van der Waals surface area contributed by atoms with Crippen molar-refractivity contribution in [1.29, 1.82) is 0 Å². The molecule has 1 aromatic carbocycles. The Bertz CT molecular complexity index is 1220. The van der Waals surface area contributed by atoms with Gasteiger partial charge in [-0.05, 0) is 69.9 Å². The van der Waals surface area contributed by atoms with Crippen molar-refractivity contribution in [3.63, 3.8) is 0 Å². The molecule has 2 rings (SSSR count). The number of carbonyl (C=O) groups excluding carboxylic acids is 1. The number of benzene rings is 1. The Morgan fingerprint density at radius 1 is 1.12 bits per heavy atom. The summed E-state index contributed by atoms with van der Waals surface area (Å²) in [4.78, 5) is 19.4. The van der Waals surface area contributed by atoms with Gasteiger partial charge in [-0.15, -0.1) is 0 Å². The van der Waals surface area contributed by atoms with Crippen LogP contribution in [0.25, 0.3) is 10.5 Å². The quantitative estimate of drug-likeness (QED) is 0.224. The van der Waals surface area contributed by atoms with Crippen molar-refractivity contribution in [1.82, 2.24) is 10.3 Å². The van der Waals surface area contributed by atoms with Gasteiger partial charge in [-0.2, -0.15) is 0 Å². The average molecular weight is 581 g/mol. The molecule has 218 valence electrons. The number of carbonyl (C=O) groups is 1. The summed E-state index contributed by atoms with van der Waals surface area (Å²) in [6.07, 6.45) is 11.9. The fraction of sp³-hybridized carbons (Fsp3) is 0.371. The molecule has 0 bridgehead atoms. The van der Waals surface area contributed by atoms with Crippen LogP contribution in [0.1, 0.15) is 97.5 Å². The maximum atomic E-state index is 13.1. The van der Waals surface area contributed by atoms with Crippen molar-refractivity contribution in [2.45, 2.75) is 88.6 Å². The van der Waals surface area contributed by atoms with Crippen LogP contribution in [0.4, 0.5) is 0 Å². The topological polar surface area (TPSA) is 42.0 Å². The number of aromatic nitrogens is 1. The largest absolute Gasteiger partial charge is 0.347 e. The van der Waals surface area contributed by atoms with E-state index in [1.54, 1.807) is 0 Å². The van der Waals surface area contributed by atoms with Crippen molar-refractivity contribution in [3.8, 4) is 0 Å². The van der Waals surface area contributed by atoms with E-state index in [4.69, 9.17) is 11.6 Å². The zero-order valence-electron chi connectivity index (χ0n) is 26.2. The Labute approximate surface area is 253 Å². The van der Waals surface area contributed by atoms with E-state index in [-0.39, 0.29) is 5.91 Å². The summed E-state index contributed by atoms with van der Waals surface area (Å²) in [5.41, 5.74) is 7.13. The van der Waals surface area contributed by atoms with Gasteiger partial charge in [0.15, 0.2) is 0 Å². The predicted octanol–water partition coefficient (Wildman–Crippen LogP) is 11.1. The number of aryl methyl sites for hydroxylation is 1. The third kappa shape index (κ3) is 13.0. The lowest BCUT2D eigenvalue weighted by Gasteiger charge is -2.15. The van der Waals surface area contributed by atoms with Crippen molar-refractivity contribution in [2.75, 3.05) is 0 Å². The lowest BCUT2D eigenvalue weighted by molar-refractivity contribution is -0.116. The Morgan fingerprint density at radius 2 is 1.77 bits per heavy atom. The molecule has 0 saturated heterocycles. The highest BCUT2D eigenvalue weighted by molar-refractivity contribution is 8.12. The maximum absolute atomic E-state index is 13.1. The number of rotatable bonds is 10. The van der Waals surface area contributed by atoms with Crippen molar-refractivity contribution >= 4 is 39.7 Å². The van der Waals surface area contributed by atoms with E-state index in [0.29, 0.717) is 16.5 Å². The van der Waals surface area contributed by atoms with Crippen LogP contribution in [0.3, 0.4) is 0 Å². The number of allylic oxidation sites excluding steroid dienone is 7. The monoisotopic (exact) mass is 580 g/mol. The molecule has 0 aliphatic carbocycles. The molecule has 3 nitrogen and oxygen atoms in total. The van der Waals surface area contributed by atoms with Crippen LogP contribution >= 0.6 is 23.4 Å². The van der Waals surface area contributed by atoms with E-state index in [0.717, 1.165) is 44.9 Å². The molecule has 0 atom stereocenters. The molecule has 40 heavy (non-hydrogen) atoms. The van der Waals surface area contributed by atoms with Gasteiger partial charge < -0.3 is 5.32 Å². The van der Waals surface area contributed by atoms with Gasteiger partial charge in [0.2, 0.25) is 0 Å². The molecule has 0 fully saturated rings. The van der Waals surface area contributed by atoms with Gasteiger partial charge in [-0.3, -0.25) is 9.78 Å². The van der Waals surface area contributed by atoms with Gasteiger partial charge in [0.05, 0.1) is 10.6 Å². The maximum Gasteiger partial charge on any atom is 0.257 e. The molecule has 0 unspecified atom stereocenters. The average Bonchev–Trinajstić information content (AvgIpc) is 2.93. The van der Waals surface area contributed by atoms with E-state index in [9.17, 15) is 4.79 Å². The first kappa shape index (κ1) is 37.2. The minimum Gasteiger partial charge on any atom is -0.347 e. The summed E-state index contributed by atoms with van der Waals surface area (Å²) in [6, 6.07) is 9.82. The van der Waals surface area contributed by atoms with E-state index in [1.807, 2.05) is 96.3 Å². The molecule has 0 aliphatic heterocycles. The first-order chi connectivity index (χ1) is 19.1. The second-order valence-corrected chi connectivity index (χ2v) is 10.6. The fourth-order valence-corrected chi connectivity index (χ4v) is 4.73. The Kier molecular flexibility index (Phi) is 19.5. The van der Waals surface area contributed by atoms with E-state index in [2.05, 4.69) is 50.6 Å². The zero-order valence-corrected chi connectivity index (χ0v) is 27.8. The fourth-order valence-electron chi connectivity index (χ4n) is 3.47. The van der Waals surface area contributed by atoms with Crippen LogP contribution in [0.2, 0.25) is 5.02 Å². The SMILES string of the molecule is C=C(C)/C=C(\C=C/C)c1ncc(CNC(=O)/C(=C/C)SC(=C(C)CC)c2cccc(Cl)c2)cc1C.CC.CCC. The molecule has 0 radical (unpaired) electrons. The summed E-state index contributed by atoms with van der Waals surface area (Å²) in [7, 11) is 0. The number of nitrogens with zero attached hydrogens (tertiary/aromatic N) is 1. The summed E-state index contributed by atoms with van der Waals surface area (Å²) in [5, 5.41) is 3.73. The molecular formula is C35H49ClN2OS. The number of thioether (sulfide) groups is 1. The minimum absolute atomic E-state index is 0.112. The van der Waals surface area contributed by atoms with Gasteiger partial charge in [0.1, 0.15) is 0 Å². The molecular weight excluding hydrogens is 532 g/mol. The van der Waals surface area contributed by atoms with Crippen LogP contribution < -0.4 is 5.32 Å². The van der Waals surface area contributed by atoms with Crippen LogP contribution in [0.5, 0.6) is 0 Å². The normalized spacial score (nSPS) is 12.1. The number of pyridine rings is 1. The first-order valence-electron chi connectivity index (χ1n) is 14.1. The first-order valence-corrected chi connectivity index (χ1v) is 15.3. The Morgan fingerprint density at radius 3 is 2.27 bits per heavy atom. The number of amides is 1. The molecule has 1 N–H and O–H groups in total. The van der Waals surface area contributed by atoms with Crippen LogP contribution in [-0.2, 0) is 11.3 Å². The highest BCUT2D eigenvalue weighted by Gasteiger charge is 2.16. The highest BCUT2D eigenvalue weighted by atomic mass is 35.5. The highest BCUT2D eigenvalue weighted by Crippen LogP contribution is 2.38. The Hall–Kier alpha value is -2.82. The van der Waals surface area contributed by atoms with Crippen molar-refractivity contribution < 1.29 is 4.79 Å². The van der Waals surface area contributed by atoms with Crippen molar-refractivity contribution in [2.24, 2.45) is 0 Å². The predicted molar refractivity (Wildman–Crippen MR) is 181 cm³/mol. The number of halogens is 1. The summed E-state index contributed by atoms with van der Waals surface area (Å²) in [5.74, 6) is -0.112. The summed E-state index contributed by atoms with van der Waals surface area (Å²) in [6.45, 7) is 24.7. The second-order valence-electron chi connectivity index (χ2n) is 9.07. The zero-order chi connectivity index (χ0) is 30.7. The van der Waals surface area contributed by atoms with Crippen molar-refractivity contribution in [3.05, 3.63) is 111 Å². The van der Waals surface area contributed by atoms with E-state index >= 15 is 0 Å². The molecule has 1 amide bonds. The summed E-state index contributed by atoms with van der Waals surface area (Å²) < 4.78 is 0. The third-order valence-corrected chi connectivity index (χ3v) is 6.98. The van der Waals surface area contributed by atoms with E-state index in [1.165, 1.54) is 23.8 Å². The van der Waals surface area contributed by atoms with Crippen LogP contribution in [-0.4, -0.2) is 10.9 Å². The third-order valence-electron chi connectivity index (χ3n) is 5.31.